The molecule has 0 saturated carbocycles. The minimum absolute atomic E-state index is 0.257. The van der Waals surface area contributed by atoms with Crippen LogP contribution in [0.2, 0.25) is 0 Å². The number of benzene rings is 1. The van der Waals surface area contributed by atoms with Crippen LogP contribution in [0.25, 0.3) is 10.9 Å². The van der Waals surface area contributed by atoms with Gasteiger partial charge in [0.1, 0.15) is 12.2 Å². The molecule has 1 aromatic carbocycles. The van der Waals surface area contributed by atoms with E-state index in [0.29, 0.717) is 5.52 Å². The van der Waals surface area contributed by atoms with Crippen molar-refractivity contribution in [2.45, 2.75) is 13.5 Å². The van der Waals surface area contributed by atoms with Crippen molar-refractivity contribution in [1.29, 1.82) is 0 Å². The Morgan fingerprint density at radius 2 is 2.06 bits per heavy atom. The number of carbonyl (C=O) groups excluding carboxylic acids is 1. The topological polar surface area (TPSA) is 68.5 Å². The second-order valence-electron chi connectivity index (χ2n) is 3.79. The number of nitrogens with zero attached hydrogens (tertiary/aromatic N) is 1. The van der Waals surface area contributed by atoms with Crippen LogP contribution in [0.3, 0.4) is 0 Å². The molecule has 0 fully saturated rings. The zero-order chi connectivity index (χ0) is 13.1. The number of esters is 1. The monoisotopic (exact) mass is 247 g/mol. The molecular weight excluding hydrogens is 234 g/mol. The molecule has 0 amide bonds. The number of rotatable bonds is 4. The number of aliphatic carboxylic acids is 1. The maximum absolute atomic E-state index is 11.8. The molecule has 5 nitrogen and oxygen atoms in total. The Kier molecular flexibility index (Phi) is 3.32. The number of hydrogen-bond donors (Lipinski definition) is 1. The summed E-state index contributed by atoms with van der Waals surface area (Å²) in [6, 6.07) is 8.89. The first-order valence-electron chi connectivity index (χ1n) is 5.60. The predicted octanol–water partition coefficient (Wildman–Crippen LogP) is 1.90. The maximum Gasteiger partial charge on any atom is 0.354 e. The molecule has 94 valence electrons. The maximum atomic E-state index is 11.8. The molecule has 0 saturated heterocycles. The van der Waals surface area contributed by atoms with E-state index in [1.54, 1.807) is 25.1 Å². The number of carboxylic acids is 1. The zero-order valence-corrected chi connectivity index (χ0v) is 9.92. The van der Waals surface area contributed by atoms with Gasteiger partial charge in [-0.05, 0) is 19.1 Å². The lowest BCUT2D eigenvalue weighted by atomic mass is 10.2. The highest BCUT2D eigenvalue weighted by molar-refractivity contribution is 5.96. The lowest BCUT2D eigenvalue weighted by molar-refractivity contribution is -0.137. The summed E-state index contributed by atoms with van der Waals surface area (Å²) < 4.78 is 6.38. The highest BCUT2D eigenvalue weighted by Gasteiger charge is 2.17. The van der Waals surface area contributed by atoms with E-state index < -0.39 is 11.9 Å². The molecule has 0 aliphatic carbocycles. The Balaban J connectivity index is 2.56. The fraction of sp³-hybridized carbons (Fsp3) is 0.231. The van der Waals surface area contributed by atoms with Crippen LogP contribution in [0.5, 0.6) is 0 Å². The standard InChI is InChI=1S/C13H13NO4/c1-2-18-13(17)11-7-9-5-3-4-6-10(9)14(11)8-12(15)16/h3-7H,2,8H2,1H3,(H,15,16). The number of carboxylic acid groups (broad SMARTS) is 1. The van der Waals surface area contributed by atoms with Gasteiger partial charge in [-0.3, -0.25) is 4.79 Å². The summed E-state index contributed by atoms with van der Waals surface area (Å²) in [5, 5.41) is 9.73. The first-order valence-corrected chi connectivity index (χ1v) is 5.60. The Morgan fingerprint density at radius 1 is 1.33 bits per heavy atom. The number of para-hydroxylation sites is 1. The van der Waals surface area contributed by atoms with E-state index in [2.05, 4.69) is 0 Å². The number of ether oxygens (including phenoxy) is 1. The van der Waals surface area contributed by atoms with E-state index >= 15 is 0 Å². The summed E-state index contributed by atoms with van der Waals surface area (Å²) in [5.41, 5.74) is 0.975. The van der Waals surface area contributed by atoms with Crippen molar-refractivity contribution >= 4 is 22.8 Å². The fourth-order valence-electron chi connectivity index (χ4n) is 1.89. The van der Waals surface area contributed by atoms with E-state index in [1.807, 2.05) is 12.1 Å². The van der Waals surface area contributed by atoms with E-state index in [4.69, 9.17) is 9.84 Å². The molecule has 0 aliphatic rings. The number of fused-ring (bicyclic) bond motifs is 1. The van der Waals surface area contributed by atoms with E-state index in [1.165, 1.54) is 4.57 Å². The van der Waals surface area contributed by atoms with Crippen molar-refractivity contribution in [3.8, 4) is 0 Å². The molecule has 1 heterocycles. The molecule has 0 radical (unpaired) electrons. The largest absolute Gasteiger partial charge is 0.480 e. The van der Waals surface area contributed by atoms with Crippen LogP contribution in [0.1, 0.15) is 17.4 Å². The van der Waals surface area contributed by atoms with Crippen molar-refractivity contribution in [1.82, 2.24) is 4.57 Å². The summed E-state index contributed by atoms with van der Waals surface area (Å²) in [6.45, 7) is 1.71. The van der Waals surface area contributed by atoms with Crippen molar-refractivity contribution < 1.29 is 19.4 Å². The molecule has 2 aromatic rings. The highest BCUT2D eigenvalue weighted by atomic mass is 16.5. The van der Waals surface area contributed by atoms with Gasteiger partial charge in [0, 0.05) is 10.9 Å². The van der Waals surface area contributed by atoms with Gasteiger partial charge < -0.3 is 14.4 Å². The predicted molar refractivity (Wildman–Crippen MR) is 65.5 cm³/mol. The molecule has 1 aromatic heterocycles. The number of hydrogen-bond acceptors (Lipinski definition) is 3. The van der Waals surface area contributed by atoms with Gasteiger partial charge in [-0.1, -0.05) is 18.2 Å². The van der Waals surface area contributed by atoms with Gasteiger partial charge in [-0.2, -0.15) is 0 Å². The molecule has 0 unspecified atom stereocenters. The van der Waals surface area contributed by atoms with E-state index in [0.717, 1.165) is 5.39 Å². The van der Waals surface area contributed by atoms with Gasteiger partial charge in [-0.25, -0.2) is 4.79 Å². The summed E-state index contributed by atoms with van der Waals surface area (Å²) in [5.74, 6) is -1.50. The van der Waals surface area contributed by atoms with Crippen LogP contribution in [0.15, 0.2) is 30.3 Å². The van der Waals surface area contributed by atoms with Crippen LogP contribution in [0, 0.1) is 0 Å². The lowest BCUT2D eigenvalue weighted by Gasteiger charge is -2.07. The summed E-state index contributed by atoms with van der Waals surface area (Å²) in [6.07, 6.45) is 0. The third-order valence-electron chi connectivity index (χ3n) is 2.59. The molecule has 2 rings (SSSR count). The number of carbonyl (C=O) groups is 2. The van der Waals surface area contributed by atoms with Crippen LogP contribution in [-0.2, 0) is 16.1 Å². The van der Waals surface area contributed by atoms with E-state index in [-0.39, 0.29) is 18.8 Å². The molecule has 0 aliphatic heterocycles. The van der Waals surface area contributed by atoms with Gasteiger partial charge in [0.15, 0.2) is 0 Å². The average Bonchev–Trinajstić information content (AvgIpc) is 2.68. The van der Waals surface area contributed by atoms with Gasteiger partial charge in [0.2, 0.25) is 0 Å². The highest BCUT2D eigenvalue weighted by Crippen LogP contribution is 2.20. The smallest absolute Gasteiger partial charge is 0.354 e. The quantitative estimate of drug-likeness (QED) is 0.838. The Bertz CT molecular complexity index is 600. The Hall–Kier alpha value is -2.30. The van der Waals surface area contributed by atoms with Gasteiger partial charge in [0.25, 0.3) is 0 Å². The first kappa shape index (κ1) is 12.2. The van der Waals surface area contributed by atoms with Crippen LogP contribution in [0.4, 0.5) is 0 Å². The number of aromatic nitrogens is 1. The van der Waals surface area contributed by atoms with Crippen LogP contribution >= 0.6 is 0 Å². The Morgan fingerprint density at radius 3 is 2.72 bits per heavy atom. The van der Waals surface area contributed by atoms with E-state index in [9.17, 15) is 9.59 Å². The molecule has 1 N–H and O–H groups in total. The SMILES string of the molecule is CCOC(=O)c1cc2ccccc2n1CC(=O)O. The molecular formula is C13H13NO4. The second-order valence-corrected chi connectivity index (χ2v) is 3.79. The average molecular weight is 247 g/mol. The summed E-state index contributed by atoms with van der Waals surface area (Å²) in [4.78, 5) is 22.7. The minimum Gasteiger partial charge on any atom is -0.480 e. The molecule has 18 heavy (non-hydrogen) atoms. The zero-order valence-electron chi connectivity index (χ0n) is 9.92. The van der Waals surface area contributed by atoms with Crippen LogP contribution in [-0.4, -0.2) is 28.2 Å². The van der Waals surface area contributed by atoms with Crippen molar-refractivity contribution in [2.24, 2.45) is 0 Å². The van der Waals surface area contributed by atoms with Crippen molar-refractivity contribution in [3.05, 3.63) is 36.0 Å². The van der Waals surface area contributed by atoms with Crippen molar-refractivity contribution in [2.75, 3.05) is 6.61 Å². The van der Waals surface area contributed by atoms with Gasteiger partial charge in [0.05, 0.1) is 6.61 Å². The molecule has 5 heteroatoms. The Labute approximate surface area is 104 Å². The minimum atomic E-state index is -0.998. The third-order valence-corrected chi connectivity index (χ3v) is 2.59. The molecule has 0 spiro atoms. The third kappa shape index (κ3) is 2.20. The molecule has 0 bridgehead atoms. The fourth-order valence-corrected chi connectivity index (χ4v) is 1.89. The van der Waals surface area contributed by atoms with Crippen molar-refractivity contribution in [3.63, 3.8) is 0 Å². The normalized spacial score (nSPS) is 10.5. The summed E-state index contributed by atoms with van der Waals surface area (Å²) in [7, 11) is 0. The lowest BCUT2D eigenvalue weighted by Crippen LogP contribution is -2.16. The van der Waals surface area contributed by atoms with Gasteiger partial charge >= 0.3 is 11.9 Å². The molecule has 0 atom stereocenters. The first-order chi connectivity index (χ1) is 8.63. The van der Waals surface area contributed by atoms with Crippen LogP contribution < -0.4 is 0 Å². The second kappa shape index (κ2) is 4.91. The summed E-state index contributed by atoms with van der Waals surface area (Å²) >= 11 is 0. The van der Waals surface area contributed by atoms with Gasteiger partial charge in [-0.15, -0.1) is 0 Å².